The molecule has 0 fully saturated rings. The van der Waals surface area contributed by atoms with E-state index in [0.29, 0.717) is 24.2 Å². The lowest BCUT2D eigenvalue weighted by atomic mass is 10.2. The predicted molar refractivity (Wildman–Crippen MR) is 103 cm³/mol. The lowest BCUT2D eigenvalue weighted by Crippen LogP contribution is -2.14. The first-order valence-corrected chi connectivity index (χ1v) is 9.40. The zero-order valence-electron chi connectivity index (χ0n) is 15.3. The number of thioether (sulfide) groups is 1. The number of nitrogens with zero attached hydrogens (tertiary/aromatic N) is 3. The molecule has 3 aromatic rings. The number of hydrogen-bond donors (Lipinski definition) is 0. The molecule has 2 aromatic carbocycles. The summed E-state index contributed by atoms with van der Waals surface area (Å²) in [4.78, 5) is 16.3. The standard InChI is InChI=1S/C20H16F3N3O2S/c1-2-28-18-12-15(13-24-26(18)16-8-4-3-5-9-16)25-19(27)29-17-10-6-7-14(11-17)20(21,22)23/h3-13H,2H2,1H3. The van der Waals surface area contributed by atoms with E-state index in [2.05, 4.69) is 10.1 Å². The third-order valence-corrected chi connectivity index (χ3v) is 4.42. The van der Waals surface area contributed by atoms with Crippen LogP contribution in [0.1, 0.15) is 12.5 Å². The topological polar surface area (TPSA) is 56.5 Å². The summed E-state index contributed by atoms with van der Waals surface area (Å²) in [6, 6.07) is 15.4. The Bertz CT molecular complexity index is 1070. The van der Waals surface area contributed by atoms with Gasteiger partial charge in [0.25, 0.3) is 0 Å². The molecule has 0 atom stereocenters. The van der Waals surface area contributed by atoms with Crippen LogP contribution in [0, 0.1) is 0 Å². The summed E-state index contributed by atoms with van der Waals surface area (Å²) < 4.78 is 45.6. The Balaban J connectivity index is 1.86. The van der Waals surface area contributed by atoms with Crippen molar-refractivity contribution in [3.05, 3.63) is 77.8 Å². The molecule has 9 heteroatoms. The number of para-hydroxylation sites is 1. The van der Waals surface area contributed by atoms with Gasteiger partial charge >= 0.3 is 11.4 Å². The Hall–Kier alpha value is -3.07. The molecule has 0 aliphatic carbocycles. The molecule has 150 valence electrons. The van der Waals surface area contributed by atoms with Gasteiger partial charge < -0.3 is 4.74 Å². The number of aromatic nitrogens is 2. The number of benzene rings is 2. The van der Waals surface area contributed by atoms with E-state index < -0.39 is 17.0 Å². The van der Waals surface area contributed by atoms with Gasteiger partial charge in [0.15, 0.2) is 0 Å². The van der Waals surface area contributed by atoms with Gasteiger partial charge in [0.1, 0.15) is 0 Å². The van der Waals surface area contributed by atoms with Crippen molar-refractivity contribution in [1.29, 1.82) is 0 Å². The van der Waals surface area contributed by atoms with Crippen LogP contribution in [0.4, 0.5) is 18.0 Å². The van der Waals surface area contributed by atoms with E-state index in [-0.39, 0.29) is 10.3 Å². The fraction of sp³-hybridized carbons (Fsp3) is 0.150. The highest BCUT2D eigenvalue weighted by atomic mass is 32.2. The number of carbonyl (C=O) groups is 1. The lowest BCUT2D eigenvalue weighted by Gasteiger charge is -2.11. The monoisotopic (exact) mass is 419 g/mol. The van der Waals surface area contributed by atoms with Crippen LogP contribution in [0.2, 0.25) is 0 Å². The van der Waals surface area contributed by atoms with E-state index in [1.807, 2.05) is 37.3 Å². The van der Waals surface area contributed by atoms with Gasteiger partial charge in [-0.3, -0.25) is 4.79 Å². The van der Waals surface area contributed by atoms with Gasteiger partial charge in [-0.15, -0.1) is 0 Å². The second-order valence-electron chi connectivity index (χ2n) is 5.74. The van der Waals surface area contributed by atoms with Crippen molar-refractivity contribution in [3.8, 4) is 11.6 Å². The first-order chi connectivity index (χ1) is 13.9. The van der Waals surface area contributed by atoms with E-state index in [1.54, 1.807) is 10.7 Å². The fourth-order valence-corrected chi connectivity index (χ4v) is 3.12. The third kappa shape index (κ3) is 5.47. The molecule has 29 heavy (non-hydrogen) atoms. The molecular weight excluding hydrogens is 403 g/mol. The molecule has 0 radical (unpaired) electrons. The van der Waals surface area contributed by atoms with Crippen LogP contribution >= 0.6 is 11.8 Å². The summed E-state index contributed by atoms with van der Waals surface area (Å²) in [7, 11) is 0. The molecule has 3 rings (SSSR count). The van der Waals surface area contributed by atoms with Crippen molar-refractivity contribution in [2.75, 3.05) is 6.61 Å². The second-order valence-corrected chi connectivity index (χ2v) is 6.76. The summed E-state index contributed by atoms with van der Waals surface area (Å²) in [5.74, 6) is 0.386. The summed E-state index contributed by atoms with van der Waals surface area (Å²) in [6.07, 6.45) is -3.09. The minimum Gasteiger partial charge on any atom is -0.478 e. The second kappa shape index (κ2) is 8.95. The smallest absolute Gasteiger partial charge is 0.416 e. The Kier molecular flexibility index (Phi) is 6.38. The number of amides is 1. The molecule has 0 saturated carbocycles. The van der Waals surface area contributed by atoms with Crippen LogP contribution in [-0.2, 0) is 6.18 Å². The highest BCUT2D eigenvalue weighted by molar-refractivity contribution is 8.13. The molecule has 0 spiro atoms. The van der Waals surface area contributed by atoms with E-state index in [4.69, 9.17) is 4.74 Å². The van der Waals surface area contributed by atoms with Crippen LogP contribution < -0.4 is 10.1 Å². The average Bonchev–Trinajstić information content (AvgIpc) is 2.69. The molecule has 0 aliphatic rings. The molecule has 1 aromatic heterocycles. The van der Waals surface area contributed by atoms with Gasteiger partial charge in [0.05, 0.1) is 29.4 Å². The third-order valence-electron chi connectivity index (χ3n) is 3.67. The Morgan fingerprint density at radius 3 is 2.59 bits per heavy atom. The van der Waals surface area contributed by atoms with E-state index in [1.165, 1.54) is 18.3 Å². The molecule has 5 nitrogen and oxygen atoms in total. The first kappa shape index (κ1) is 20.7. The molecule has 0 aliphatic heterocycles. The normalized spacial score (nSPS) is 12.1. The summed E-state index contributed by atoms with van der Waals surface area (Å²) in [5.41, 5.74) is -0.0496. The quantitative estimate of drug-likeness (QED) is 0.552. The highest BCUT2D eigenvalue weighted by Gasteiger charge is 2.30. The lowest BCUT2D eigenvalue weighted by molar-refractivity contribution is -0.137. The molecule has 0 saturated heterocycles. The molecule has 1 amide bonds. The molecule has 0 bridgehead atoms. The van der Waals surface area contributed by atoms with Crippen LogP contribution in [-0.4, -0.2) is 21.6 Å². The largest absolute Gasteiger partial charge is 0.478 e. The summed E-state index contributed by atoms with van der Waals surface area (Å²) in [6.45, 7) is 2.19. The molecule has 1 heterocycles. The Morgan fingerprint density at radius 2 is 1.90 bits per heavy atom. The molecular formula is C20H16F3N3O2S. The summed E-state index contributed by atoms with van der Waals surface area (Å²) >= 11 is 0.608. The Labute approximate surface area is 168 Å². The first-order valence-electron chi connectivity index (χ1n) is 8.58. The number of ether oxygens (including phenoxy) is 1. The van der Waals surface area contributed by atoms with Crippen LogP contribution in [0.25, 0.3) is 5.69 Å². The van der Waals surface area contributed by atoms with Crippen molar-refractivity contribution in [2.45, 2.75) is 18.0 Å². The van der Waals surface area contributed by atoms with Crippen LogP contribution in [0.3, 0.4) is 0 Å². The van der Waals surface area contributed by atoms with Crippen LogP contribution in [0.15, 0.2) is 76.7 Å². The van der Waals surface area contributed by atoms with Crippen molar-refractivity contribution >= 4 is 17.0 Å². The van der Waals surface area contributed by atoms with Gasteiger partial charge in [-0.05, 0) is 49.0 Å². The zero-order chi connectivity index (χ0) is 20.9. The number of rotatable bonds is 4. The van der Waals surface area contributed by atoms with Crippen molar-refractivity contribution in [3.63, 3.8) is 0 Å². The predicted octanol–water partition coefficient (Wildman–Crippen LogP) is 5.10. The average molecular weight is 419 g/mol. The minimum absolute atomic E-state index is 0.154. The van der Waals surface area contributed by atoms with Gasteiger partial charge in [0.2, 0.25) is 5.88 Å². The molecule has 0 N–H and O–H groups in total. The molecule has 0 unspecified atom stereocenters. The SMILES string of the molecule is CCOc1cc(=NC(=O)Sc2cccc(C(F)(F)F)c2)cnn1-c1ccccc1. The van der Waals surface area contributed by atoms with Crippen molar-refractivity contribution in [2.24, 2.45) is 4.99 Å². The van der Waals surface area contributed by atoms with E-state index in [9.17, 15) is 18.0 Å². The van der Waals surface area contributed by atoms with Gasteiger partial charge in [0, 0.05) is 11.0 Å². The maximum absolute atomic E-state index is 12.8. The maximum Gasteiger partial charge on any atom is 0.416 e. The van der Waals surface area contributed by atoms with Crippen LogP contribution in [0.5, 0.6) is 5.88 Å². The van der Waals surface area contributed by atoms with Gasteiger partial charge in [-0.25, -0.2) is 9.67 Å². The van der Waals surface area contributed by atoms with Gasteiger partial charge in [-0.1, -0.05) is 24.3 Å². The number of halogens is 3. The van der Waals surface area contributed by atoms with E-state index >= 15 is 0 Å². The highest BCUT2D eigenvalue weighted by Crippen LogP contribution is 2.32. The van der Waals surface area contributed by atoms with Crippen molar-refractivity contribution < 1.29 is 22.7 Å². The van der Waals surface area contributed by atoms with Crippen molar-refractivity contribution in [1.82, 2.24) is 9.78 Å². The number of alkyl halides is 3. The number of carbonyl (C=O) groups excluding carboxylic acids is 1. The fourth-order valence-electron chi connectivity index (χ4n) is 2.44. The Morgan fingerprint density at radius 1 is 1.14 bits per heavy atom. The minimum atomic E-state index is -4.47. The van der Waals surface area contributed by atoms with E-state index in [0.717, 1.165) is 17.8 Å². The number of hydrogen-bond acceptors (Lipinski definition) is 4. The zero-order valence-corrected chi connectivity index (χ0v) is 16.1. The summed E-state index contributed by atoms with van der Waals surface area (Å²) in [5, 5.41) is 3.84. The van der Waals surface area contributed by atoms with Gasteiger partial charge in [-0.2, -0.15) is 18.3 Å². The maximum atomic E-state index is 12.8.